The van der Waals surface area contributed by atoms with Crippen molar-refractivity contribution in [3.8, 4) is 5.75 Å². The minimum absolute atomic E-state index is 0.125. The van der Waals surface area contributed by atoms with Crippen LogP contribution in [0.4, 0.5) is 0 Å². The van der Waals surface area contributed by atoms with E-state index in [0.29, 0.717) is 13.1 Å². The minimum Gasteiger partial charge on any atom is -0.489 e. The van der Waals surface area contributed by atoms with Crippen LogP contribution in [0.5, 0.6) is 5.75 Å². The molecule has 0 bridgehead atoms. The maximum absolute atomic E-state index is 6.18. The monoisotopic (exact) mass is 445 g/mol. The molecule has 2 nitrogen and oxygen atoms in total. The number of nitrogens with one attached hydrogen (secondary N) is 1. The Morgan fingerprint density at radius 2 is 1.77 bits per heavy atom. The first-order valence-corrected chi connectivity index (χ1v) is 9.02. The first-order valence-electron chi connectivity index (χ1n) is 7.06. The standard InChI is InChI=1S/C17H18Br2ClNO/c1-11(2)22-17-13(7-14(18)8-15(17)19)10-21-9-12-5-3-4-6-16(12)20/h3-8,11,21H,9-10H2,1-2H3. The molecule has 0 aliphatic heterocycles. The third-order valence-corrected chi connectivity index (χ3v) is 4.44. The molecule has 0 amide bonds. The molecule has 2 rings (SSSR count). The van der Waals surface area contributed by atoms with E-state index in [1.165, 1.54) is 0 Å². The Morgan fingerprint density at radius 3 is 2.45 bits per heavy atom. The SMILES string of the molecule is CC(C)Oc1c(Br)cc(Br)cc1CNCc1ccccc1Cl. The van der Waals surface area contributed by atoms with Gasteiger partial charge in [-0.3, -0.25) is 0 Å². The van der Waals surface area contributed by atoms with E-state index in [1.807, 2.05) is 44.2 Å². The molecular weight excluding hydrogens is 429 g/mol. The van der Waals surface area contributed by atoms with Gasteiger partial charge < -0.3 is 10.1 Å². The first kappa shape index (κ1) is 17.8. The van der Waals surface area contributed by atoms with E-state index in [9.17, 15) is 0 Å². The molecule has 2 aromatic carbocycles. The molecule has 0 saturated carbocycles. The Balaban J connectivity index is 2.10. The Bertz CT molecular complexity index is 647. The van der Waals surface area contributed by atoms with Gasteiger partial charge in [0.1, 0.15) is 5.75 Å². The van der Waals surface area contributed by atoms with E-state index < -0.39 is 0 Å². The lowest BCUT2D eigenvalue weighted by Crippen LogP contribution is -2.15. The van der Waals surface area contributed by atoms with E-state index >= 15 is 0 Å². The van der Waals surface area contributed by atoms with Crippen LogP contribution in [-0.4, -0.2) is 6.10 Å². The molecule has 0 atom stereocenters. The Labute approximate surface area is 153 Å². The van der Waals surface area contributed by atoms with Gasteiger partial charge in [0.25, 0.3) is 0 Å². The third kappa shape index (κ3) is 4.98. The summed E-state index contributed by atoms with van der Waals surface area (Å²) >= 11 is 13.3. The van der Waals surface area contributed by atoms with E-state index in [1.54, 1.807) is 0 Å². The van der Waals surface area contributed by atoms with Gasteiger partial charge in [0.05, 0.1) is 10.6 Å². The molecule has 0 saturated heterocycles. The highest BCUT2D eigenvalue weighted by Crippen LogP contribution is 2.33. The van der Waals surface area contributed by atoms with Gasteiger partial charge >= 0.3 is 0 Å². The Morgan fingerprint density at radius 1 is 1.09 bits per heavy atom. The van der Waals surface area contributed by atoms with Crippen molar-refractivity contribution in [2.45, 2.75) is 33.0 Å². The molecule has 0 radical (unpaired) electrons. The summed E-state index contributed by atoms with van der Waals surface area (Å²) in [6, 6.07) is 11.9. The number of benzene rings is 2. The van der Waals surface area contributed by atoms with Gasteiger partial charge in [-0.05, 0) is 53.5 Å². The van der Waals surface area contributed by atoms with Crippen LogP contribution in [0.25, 0.3) is 0 Å². The third-order valence-electron chi connectivity index (χ3n) is 3.03. The second-order valence-corrected chi connectivity index (χ2v) is 7.41. The van der Waals surface area contributed by atoms with E-state index in [4.69, 9.17) is 16.3 Å². The van der Waals surface area contributed by atoms with Gasteiger partial charge in [0.2, 0.25) is 0 Å². The number of ether oxygens (including phenoxy) is 1. The Hall–Kier alpha value is -0.550. The van der Waals surface area contributed by atoms with Gasteiger partial charge in [0, 0.05) is 28.1 Å². The van der Waals surface area contributed by atoms with Crippen LogP contribution in [-0.2, 0) is 13.1 Å². The first-order chi connectivity index (χ1) is 10.5. The molecule has 0 aromatic heterocycles. The molecule has 1 N–H and O–H groups in total. The Kier molecular flexibility index (Phi) is 6.75. The number of rotatable bonds is 6. The molecule has 22 heavy (non-hydrogen) atoms. The summed E-state index contributed by atoms with van der Waals surface area (Å²) in [6.45, 7) is 5.46. The van der Waals surface area contributed by atoms with Crippen LogP contribution >= 0.6 is 43.5 Å². The van der Waals surface area contributed by atoms with Crippen molar-refractivity contribution in [3.63, 3.8) is 0 Å². The molecule has 0 unspecified atom stereocenters. The summed E-state index contributed by atoms with van der Waals surface area (Å²) < 4.78 is 7.89. The highest BCUT2D eigenvalue weighted by Gasteiger charge is 2.12. The van der Waals surface area contributed by atoms with Gasteiger partial charge in [-0.1, -0.05) is 45.7 Å². The normalized spacial score (nSPS) is 11.0. The highest BCUT2D eigenvalue weighted by molar-refractivity contribution is 9.11. The summed E-state index contributed by atoms with van der Waals surface area (Å²) in [5.74, 6) is 0.879. The van der Waals surface area contributed by atoms with Crippen LogP contribution in [0.1, 0.15) is 25.0 Å². The molecule has 118 valence electrons. The zero-order valence-electron chi connectivity index (χ0n) is 12.5. The molecule has 0 spiro atoms. The zero-order valence-corrected chi connectivity index (χ0v) is 16.4. The summed E-state index contributed by atoms with van der Waals surface area (Å²) in [7, 11) is 0. The number of hydrogen-bond donors (Lipinski definition) is 1. The van der Waals surface area contributed by atoms with Gasteiger partial charge in [0.15, 0.2) is 0 Å². The van der Waals surface area contributed by atoms with Gasteiger partial charge in [-0.15, -0.1) is 0 Å². The average molecular weight is 448 g/mol. The minimum atomic E-state index is 0.125. The molecular formula is C17H18Br2ClNO. The van der Waals surface area contributed by atoms with Crippen LogP contribution in [0.15, 0.2) is 45.3 Å². The van der Waals surface area contributed by atoms with Crippen molar-refractivity contribution in [1.29, 1.82) is 0 Å². The zero-order chi connectivity index (χ0) is 16.1. The second kappa shape index (κ2) is 8.34. The average Bonchev–Trinajstić information content (AvgIpc) is 2.44. The largest absolute Gasteiger partial charge is 0.489 e. The molecule has 0 fully saturated rings. The fourth-order valence-electron chi connectivity index (χ4n) is 2.09. The van der Waals surface area contributed by atoms with Crippen molar-refractivity contribution in [2.75, 3.05) is 0 Å². The second-order valence-electron chi connectivity index (χ2n) is 5.24. The van der Waals surface area contributed by atoms with Crippen molar-refractivity contribution >= 4 is 43.5 Å². The van der Waals surface area contributed by atoms with E-state index in [-0.39, 0.29) is 6.10 Å². The smallest absolute Gasteiger partial charge is 0.138 e. The quantitative estimate of drug-likeness (QED) is 0.592. The van der Waals surface area contributed by atoms with Crippen molar-refractivity contribution in [2.24, 2.45) is 0 Å². The topological polar surface area (TPSA) is 21.3 Å². The van der Waals surface area contributed by atoms with E-state index in [2.05, 4.69) is 43.2 Å². The summed E-state index contributed by atoms with van der Waals surface area (Å²) in [4.78, 5) is 0. The van der Waals surface area contributed by atoms with Crippen LogP contribution < -0.4 is 10.1 Å². The lowest BCUT2D eigenvalue weighted by Gasteiger charge is -2.17. The maximum Gasteiger partial charge on any atom is 0.138 e. The predicted octanol–water partition coefficient (Wildman–Crippen LogP) is 5.94. The molecule has 2 aromatic rings. The van der Waals surface area contributed by atoms with Gasteiger partial charge in [-0.25, -0.2) is 0 Å². The van der Waals surface area contributed by atoms with E-state index in [0.717, 1.165) is 30.8 Å². The lowest BCUT2D eigenvalue weighted by atomic mass is 10.2. The lowest BCUT2D eigenvalue weighted by molar-refractivity contribution is 0.238. The van der Waals surface area contributed by atoms with Crippen LogP contribution in [0.2, 0.25) is 5.02 Å². The fourth-order valence-corrected chi connectivity index (χ4v) is 3.70. The molecule has 0 aliphatic carbocycles. The van der Waals surface area contributed by atoms with Crippen LogP contribution in [0, 0.1) is 0 Å². The number of hydrogen-bond acceptors (Lipinski definition) is 2. The number of halogens is 3. The fraction of sp³-hybridized carbons (Fsp3) is 0.294. The van der Waals surface area contributed by atoms with Crippen molar-refractivity contribution in [1.82, 2.24) is 5.32 Å². The molecule has 5 heteroatoms. The maximum atomic E-state index is 6.18. The van der Waals surface area contributed by atoms with Crippen LogP contribution in [0.3, 0.4) is 0 Å². The molecule has 0 aliphatic rings. The van der Waals surface area contributed by atoms with Crippen molar-refractivity contribution < 1.29 is 4.74 Å². The van der Waals surface area contributed by atoms with Gasteiger partial charge in [-0.2, -0.15) is 0 Å². The molecule has 0 heterocycles. The predicted molar refractivity (Wildman–Crippen MR) is 99.6 cm³/mol. The van der Waals surface area contributed by atoms with Crippen molar-refractivity contribution in [3.05, 3.63) is 61.5 Å². The summed E-state index contributed by atoms with van der Waals surface area (Å²) in [5, 5.41) is 4.20. The summed E-state index contributed by atoms with van der Waals surface area (Å²) in [5.41, 5.74) is 2.19. The highest BCUT2D eigenvalue weighted by atomic mass is 79.9. The summed E-state index contributed by atoms with van der Waals surface area (Å²) in [6.07, 6.45) is 0.125.